The SMILES string of the molecule is COC(=O)c1cn2c(c(OC)c1=O)C(=O)C(C)(C)CC2. The van der Waals surface area contributed by atoms with Gasteiger partial charge in [-0.1, -0.05) is 13.8 Å². The molecule has 0 bridgehead atoms. The van der Waals surface area contributed by atoms with Gasteiger partial charge >= 0.3 is 5.97 Å². The third-order valence-electron chi connectivity index (χ3n) is 3.65. The molecule has 0 N–H and O–H groups in total. The zero-order valence-electron chi connectivity index (χ0n) is 12.0. The van der Waals surface area contributed by atoms with E-state index in [0.29, 0.717) is 13.0 Å². The first-order chi connectivity index (χ1) is 9.33. The van der Waals surface area contributed by atoms with Crippen LogP contribution in [-0.4, -0.2) is 30.5 Å². The summed E-state index contributed by atoms with van der Waals surface area (Å²) in [6.07, 6.45) is 2.00. The number of hydrogen-bond donors (Lipinski definition) is 0. The number of carbonyl (C=O) groups excluding carboxylic acids is 2. The van der Waals surface area contributed by atoms with E-state index in [1.54, 1.807) is 4.57 Å². The number of hydrogen-bond acceptors (Lipinski definition) is 5. The second-order valence-corrected chi connectivity index (χ2v) is 5.40. The summed E-state index contributed by atoms with van der Waals surface area (Å²) in [6.45, 7) is 4.20. The molecule has 0 unspecified atom stereocenters. The Morgan fingerprint density at radius 2 is 1.95 bits per heavy atom. The number of fused-ring (bicyclic) bond motifs is 1. The predicted octanol–water partition coefficient (Wildman–Crippen LogP) is 1.26. The molecule has 2 rings (SSSR count). The Balaban J connectivity index is 2.75. The van der Waals surface area contributed by atoms with Crippen molar-refractivity contribution in [3.63, 3.8) is 0 Å². The third kappa shape index (κ3) is 2.01. The van der Waals surface area contributed by atoms with Gasteiger partial charge < -0.3 is 14.0 Å². The Bertz CT molecular complexity index is 642. The smallest absolute Gasteiger partial charge is 0.343 e. The highest BCUT2D eigenvalue weighted by Gasteiger charge is 2.38. The van der Waals surface area contributed by atoms with E-state index in [-0.39, 0.29) is 22.8 Å². The number of methoxy groups -OCH3 is 2. The maximum atomic E-state index is 12.5. The normalized spacial score (nSPS) is 16.5. The Morgan fingerprint density at radius 1 is 1.30 bits per heavy atom. The summed E-state index contributed by atoms with van der Waals surface area (Å²) in [6, 6.07) is 0. The number of rotatable bonds is 2. The summed E-state index contributed by atoms with van der Waals surface area (Å²) in [4.78, 5) is 36.3. The summed E-state index contributed by atoms with van der Waals surface area (Å²) in [7, 11) is 2.51. The number of pyridine rings is 1. The van der Waals surface area contributed by atoms with Crippen molar-refractivity contribution >= 4 is 11.8 Å². The van der Waals surface area contributed by atoms with Gasteiger partial charge in [0.2, 0.25) is 5.43 Å². The molecule has 1 aromatic rings. The lowest BCUT2D eigenvalue weighted by atomic mass is 9.80. The van der Waals surface area contributed by atoms with E-state index in [2.05, 4.69) is 4.74 Å². The van der Waals surface area contributed by atoms with E-state index in [1.807, 2.05) is 13.8 Å². The van der Waals surface area contributed by atoms with E-state index >= 15 is 0 Å². The first-order valence-electron chi connectivity index (χ1n) is 6.28. The Morgan fingerprint density at radius 3 is 2.50 bits per heavy atom. The number of carbonyl (C=O) groups is 2. The van der Waals surface area contributed by atoms with E-state index in [4.69, 9.17) is 4.74 Å². The van der Waals surface area contributed by atoms with Crippen LogP contribution in [0.2, 0.25) is 0 Å². The molecule has 0 radical (unpaired) electrons. The zero-order chi connectivity index (χ0) is 15.1. The molecule has 1 aliphatic heterocycles. The van der Waals surface area contributed by atoms with Gasteiger partial charge in [0, 0.05) is 18.2 Å². The summed E-state index contributed by atoms with van der Waals surface area (Å²) < 4.78 is 11.3. The van der Waals surface area contributed by atoms with Crippen molar-refractivity contribution < 1.29 is 19.1 Å². The van der Waals surface area contributed by atoms with Crippen molar-refractivity contribution in [1.82, 2.24) is 4.57 Å². The van der Waals surface area contributed by atoms with Crippen molar-refractivity contribution in [2.45, 2.75) is 26.8 Å². The van der Waals surface area contributed by atoms with Gasteiger partial charge in [-0.25, -0.2) is 4.79 Å². The van der Waals surface area contributed by atoms with Gasteiger partial charge in [0.05, 0.1) is 14.2 Å². The molecule has 0 aromatic carbocycles. The van der Waals surface area contributed by atoms with Crippen LogP contribution in [0, 0.1) is 5.41 Å². The van der Waals surface area contributed by atoms with Gasteiger partial charge in [0.15, 0.2) is 11.5 Å². The molecule has 0 saturated heterocycles. The second-order valence-electron chi connectivity index (χ2n) is 5.40. The number of nitrogens with zero attached hydrogens (tertiary/aromatic N) is 1. The standard InChI is InChI=1S/C14H17NO5/c1-14(2)5-6-15-7-8(13(18)20-4)10(16)11(19-3)9(15)12(14)17/h7H,5-6H2,1-4H3. The van der Waals surface area contributed by atoms with Crippen LogP contribution >= 0.6 is 0 Å². The summed E-state index contributed by atoms with van der Waals surface area (Å²) >= 11 is 0. The van der Waals surface area contributed by atoms with E-state index < -0.39 is 16.8 Å². The maximum Gasteiger partial charge on any atom is 0.343 e. The Hall–Kier alpha value is -2.11. The lowest BCUT2D eigenvalue weighted by Crippen LogP contribution is -2.37. The fourth-order valence-corrected chi connectivity index (χ4v) is 2.33. The second kappa shape index (κ2) is 4.77. The lowest BCUT2D eigenvalue weighted by Gasteiger charge is -2.31. The van der Waals surface area contributed by atoms with Gasteiger partial charge in [-0.3, -0.25) is 9.59 Å². The van der Waals surface area contributed by atoms with Crippen LogP contribution in [0.4, 0.5) is 0 Å². The fraction of sp³-hybridized carbons (Fsp3) is 0.500. The molecule has 6 nitrogen and oxygen atoms in total. The Kier molecular flexibility index (Phi) is 3.41. The van der Waals surface area contributed by atoms with E-state index in [9.17, 15) is 14.4 Å². The molecule has 1 aliphatic rings. The molecule has 0 atom stereocenters. The van der Waals surface area contributed by atoms with Crippen molar-refractivity contribution in [2.24, 2.45) is 5.41 Å². The maximum absolute atomic E-state index is 12.5. The highest BCUT2D eigenvalue weighted by atomic mass is 16.5. The molecular formula is C14H17NO5. The third-order valence-corrected chi connectivity index (χ3v) is 3.65. The van der Waals surface area contributed by atoms with Gasteiger partial charge in [-0.2, -0.15) is 0 Å². The highest BCUT2D eigenvalue weighted by molar-refractivity contribution is 6.02. The van der Waals surface area contributed by atoms with Gasteiger partial charge in [0.1, 0.15) is 11.3 Å². The minimum atomic E-state index is -0.735. The monoisotopic (exact) mass is 279 g/mol. The van der Waals surface area contributed by atoms with Crippen molar-refractivity contribution in [3.05, 3.63) is 27.7 Å². The van der Waals surface area contributed by atoms with E-state index in [1.165, 1.54) is 20.4 Å². The number of ketones is 1. The number of aromatic nitrogens is 1. The number of esters is 1. The number of Topliss-reactive ketones (excluding diaryl/α,β-unsaturated/α-hetero) is 1. The molecular weight excluding hydrogens is 262 g/mol. The minimum absolute atomic E-state index is 0.0920. The van der Waals surface area contributed by atoms with Crippen LogP contribution in [0.15, 0.2) is 11.0 Å². The number of aryl methyl sites for hydroxylation is 1. The average molecular weight is 279 g/mol. The van der Waals surface area contributed by atoms with Crippen LogP contribution in [0.25, 0.3) is 0 Å². The van der Waals surface area contributed by atoms with Crippen molar-refractivity contribution in [1.29, 1.82) is 0 Å². The first kappa shape index (κ1) is 14.3. The van der Waals surface area contributed by atoms with Crippen molar-refractivity contribution in [2.75, 3.05) is 14.2 Å². The summed E-state index contributed by atoms with van der Waals surface area (Å²) in [5.41, 5.74) is -1.06. The molecule has 6 heteroatoms. The lowest BCUT2D eigenvalue weighted by molar-refractivity contribution is 0.0594. The van der Waals surface area contributed by atoms with Crippen molar-refractivity contribution in [3.8, 4) is 5.75 Å². The zero-order valence-corrected chi connectivity index (χ0v) is 12.0. The van der Waals surface area contributed by atoms with Gasteiger partial charge in [0.25, 0.3) is 0 Å². The van der Waals surface area contributed by atoms with Gasteiger partial charge in [-0.15, -0.1) is 0 Å². The molecule has 0 saturated carbocycles. The molecule has 0 spiro atoms. The first-order valence-corrected chi connectivity index (χ1v) is 6.28. The van der Waals surface area contributed by atoms with Crippen LogP contribution in [0.1, 0.15) is 41.1 Å². The fourth-order valence-electron chi connectivity index (χ4n) is 2.33. The van der Waals surface area contributed by atoms with Crippen LogP contribution in [-0.2, 0) is 11.3 Å². The molecule has 20 heavy (non-hydrogen) atoms. The predicted molar refractivity (Wildman–Crippen MR) is 71.3 cm³/mol. The number of ether oxygens (including phenoxy) is 2. The molecule has 1 aromatic heterocycles. The molecule has 0 amide bonds. The topological polar surface area (TPSA) is 74.6 Å². The summed E-state index contributed by atoms with van der Waals surface area (Å²) in [5, 5.41) is 0. The quantitative estimate of drug-likeness (QED) is 0.762. The van der Waals surface area contributed by atoms with E-state index in [0.717, 1.165) is 0 Å². The Labute approximate surface area is 116 Å². The molecule has 0 aliphatic carbocycles. The molecule has 2 heterocycles. The molecule has 0 fully saturated rings. The minimum Gasteiger partial charge on any atom is -0.491 e. The average Bonchev–Trinajstić information content (AvgIpc) is 2.42. The van der Waals surface area contributed by atoms with Gasteiger partial charge in [-0.05, 0) is 6.42 Å². The highest BCUT2D eigenvalue weighted by Crippen LogP contribution is 2.34. The van der Waals surface area contributed by atoms with Crippen LogP contribution < -0.4 is 10.2 Å². The summed E-state index contributed by atoms with van der Waals surface area (Å²) in [5.74, 6) is -0.985. The largest absolute Gasteiger partial charge is 0.491 e. The van der Waals surface area contributed by atoms with Crippen LogP contribution in [0.3, 0.4) is 0 Å². The molecule has 108 valence electrons. The van der Waals surface area contributed by atoms with Crippen LogP contribution in [0.5, 0.6) is 5.75 Å².